The first kappa shape index (κ1) is 8.52. The third-order valence-corrected chi connectivity index (χ3v) is 3.71. The van der Waals surface area contributed by atoms with Crippen LogP contribution in [-0.2, 0) is 0 Å². The van der Waals surface area contributed by atoms with Crippen LogP contribution in [0.4, 0.5) is 0 Å². The third-order valence-electron chi connectivity index (χ3n) is 3.71. The van der Waals surface area contributed by atoms with Crippen molar-refractivity contribution in [2.24, 2.45) is 5.41 Å². The highest BCUT2D eigenvalue weighted by Crippen LogP contribution is 2.41. The van der Waals surface area contributed by atoms with Crippen molar-refractivity contribution >= 4 is 0 Å². The van der Waals surface area contributed by atoms with E-state index in [0.29, 0.717) is 12.6 Å². The number of nitrogens with one attached hydrogen (secondary N) is 1. The number of aliphatic hydroxyl groups is 1. The zero-order valence-electron chi connectivity index (χ0n) is 7.68. The molecule has 2 aliphatic rings. The Hall–Kier alpha value is -0.0800. The lowest BCUT2D eigenvalue weighted by atomic mass is 9.66. The van der Waals surface area contributed by atoms with Crippen LogP contribution in [0.25, 0.3) is 0 Å². The normalized spacial score (nSPS) is 42.2. The highest BCUT2D eigenvalue weighted by atomic mass is 16.3. The summed E-state index contributed by atoms with van der Waals surface area (Å²) >= 11 is 0. The van der Waals surface area contributed by atoms with E-state index in [1.54, 1.807) is 0 Å². The predicted molar refractivity (Wildman–Crippen MR) is 49.0 cm³/mol. The Balaban J connectivity index is 2.10. The topological polar surface area (TPSA) is 32.3 Å². The van der Waals surface area contributed by atoms with Gasteiger partial charge in [-0.2, -0.15) is 0 Å². The number of hydrogen-bond acceptors (Lipinski definition) is 2. The smallest absolute Gasteiger partial charge is 0.0502 e. The molecule has 1 aliphatic carbocycles. The zero-order valence-corrected chi connectivity index (χ0v) is 7.68. The summed E-state index contributed by atoms with van der Waals surface area (Å²) in [5.74, 6) is 0. The number of piperidine rings is 1. The average Bonchev–Trinajstić information content (AvgIpc) is 2.18. The molecule has 2 N–H and O–H groups in total. The van der Waals surface area contributed by atoms with Crippen LogP contribution in [0.15, 0.2) is 0 Å². The molecule has 1 saturated heterocycles. The van der Waals surface area contributed by atoms with E-state index >= 15 is 0 Å². The van der Waals surface area contributed by atoms with E-state index in [9.17, 15) is 5.11 Å². The summed E-state index contributed by atoms with van der Waals surface area (Å²) in [7, 11) is 0. The maximum Gasteiger partial charge on any atom is 0.0502 e. The third kappa shape index (κ3) is 1.27. The Labute approximate surface area is 74.4 Å². The molecule has 1 aliphatic heterocycles. The van der Waals surface area contributed by atoms with Gasteiger partial charge in [-0.05, 0) is 32.2 Å². The number of rotatable bonds is 1. The van der Waals surface area contributed by atoms with Crippen molar-refractivity contribution in [2.75, 3.05) is 13.2 Å². The number of fused-ring (bicyclic) bond motifs is 1. The van der Waals surface area contributed by atoms with Gasteiger partial charge in [0.15, 0.2) is 0 Å². The Kier molecular flexibility index (Phi) is 2.37. The second kappa shape index (κ2) is 3.35. The second-order valence-corrected chi connectivity index (χ2v) is 4.38. The van der Waals surface area contributed by atoms with E-state index in [0.717, 1.165) is 6.54 Å². The minimum absolute atomic E-state index is 0.260. The van der Waals surface area contributed by atoms with Crippen molar-refractivity contribution in [3.05, 3.63) is 0 Å². The summed E-state index contributed by atoms with van der Waals surface area (Å²) in [5, 5.41) is 13.0. The van der Waals surface area contributed by atoms with Gasteiger partial charge in [0.2, 0.25) is 0 Å². The summed E-state index contributed by atoms with van der Waals surface area (Å²) in [6.07, 6.45) is 7.66. The van der Waals surface area contributed by atoms with E-state index in [1.165, 1.54) is 38.5 Å². The molecule has 1 saturated carbocycles. The van der Waals surface area contributed by atoms with E-state index in [4.69, 9.17) is 0 Å². The second-order valence-electron chi connectivity index (χ2n) is 4.38. The number of aliphatic hydroxyl groups excluding tert-OH is 1. The lowest BCUT2D eigenvalue weighted by Crippen LogP contribution is -2.53. The molecule has 2 fully saturated rings. The summed E-state index contributed by atoms with van der Waals surface area (Å²) in [6, 6.07) is 0.616. The minimum atomic E-state index is 0.260. The molecular weight excluding hydrogens is 150 g/mol. The van der Waals surface area contributed by atoms with Crippen LogP contribution in [-0.4, -0.2) is 24.3 Å². The summed E-state index contributed by atoms with van der Waals surface area (Å²) in [4.78, 5) is 0. The van der Waals surface area contributed by atoms with Gasteiger partial charge >= 0.3 is 0 Å². The van der Waals surface area contributed by atoms with Crippen LogP contribution in [0, 0.1) is 5.41 Å². The first-order chi connectivity index (χ1) is 5.87. The van der Waals surface area contributed by atoms with E-state index in [-0.39, 0.29) is 5.41 Å². The highest BCUT2D eigenvalue weighted by Gasteiger charge is 2.41. The molecular formula is C10H19NO. The Morgan fingerprint density at radius 2 is 2.08 bits per heavy atom. The first-order valence-corrected chi connectivity index (χ1v) is 5.22. The van der Waals surface area contributed by atoms with Gasteiger partial charge in [0.05, 0.1) is 6.61 Å². The molecule has 2 heteroatoms. The van der Waals surface area contributed by atoms with Crippen LogP contribution in [0.3, 0.4) is 0 Å². The monoisotopic (exact) mass is 169 g/mol. The minimum Gasteiger partial charge on any atom is -0.396 e. The van der Waals surface area contributed by atoms with Crippen LogP contribution in [0.1, 0.15) is 38.5 Å². The van der Waals surface area contributed by atoms with E-state index in [2.05, 4.69) is 5.32 Å². The molecule has 2 rings (SSSR count). The molecule has 0 bridgehead atoms. The highest BCUT2D eigenvalue weighted by molar-refractivity contribution is 4.96. The van der Waals surface area contributed by atoms with Crippen molar-refractivity contribution in [3.63, 3.8) is 0 Å². The predicted octanol–water partition coefficient (Wildman–Crippen LogP) is 1.29. The van der Waals surface area contributed by atoms with Crippen molar-refractivity contribution < 1.29 is 5.11 Å². The van der Waals surface area contributed by atoms with Gasteiger partial charge in [-0.15, -0.1) is 0 Å². The lowest BCUT2D eigenvalue weighted by Gasteiger charge is -2.46. The van der Waals surface area contributed by atoms with Crippen molar-refractivity contribution in [1.29, 1.82) is 0 Å². The fourth-order valence-electron chi connectivity index (χ4n) is 2.91. The fourth-order valence-corrected chi connectivity index (χ4v) is 2.91. The Morgan fingerprint density at radius 1 is 1.25 bits per heavy atom. The van der Waals surface area contributed by atoms with Gasteiger partial charge in [-0.1, -0.05) is 12.8 Å². The maximum atomic E-state index is 9.44. The molecule has 0 amide bonds. The molecule has 70 valence electrons. The van der Waals surface area contributed by atoms with E-state index < -0.39 is 0 Å². The molecule has 2 unspecified atom stereocenters. The van der Waals surface area contributed by atoms with Gasteiger partial charge < -0.3 is 10.4 Å². The van der Waals surface area contributed by atoms with E-state index in [1.807, 2.05) is 0 Å². The van der Waals surface area contributed by atoms with Gasteiger partial charge in [0.1, 0.15) is 0 Å². The fraction of sp³-hybridized carbons (Fsp3) is 1.00. The van der Waals surface area contributed by atoms with Gasteiger partial charge in [0.25, 0.3) is 0 Å². The standard InChI is InChI=1S/C10H19NO/c12-8-10-5-2-1-4-9(10)11-7-3-6-10/h9,11-12H,1-8H2. The van der Waals surface area contributed by atoms with Crippen LogP contribution < -0.4 is 5.32 Å². The lowest BCUT2D eigenvalue weighted by molar-refractivity contribution is 0.0189. The van der Waals surface area contributed by atoms with Crippen molar-refractivity contribution in [1.82, 2.24) is 5.32 Å². The molecule has 12 heavy (non-hydrogen) atoms. The summed E-state index contributed by atoms with van der Waals surface area (Å²) < 4.78 is 0. The van der Waals surface area contributed by atoms with Gasteiger partial charge in [-0.25, -0.2) is 0 Å². The molecule has 0 radical (unpaired) electrons. The van der Waals surface area contributed by atoms with Gasteiger partial charge in [-0.3, -0.25) is 0 Å². The summed E-state index contributed by atoms with van der Waals surface area (Å²) in [6.45, 7) is 1.55. The quantitative estimate of drug-likeness (QED) is 0.620. The van der Waals surface area contributed by atoms with Gasteiger partial charge in [0, 0.05) is 11.5 Å². The van der Waals surface area contributed by atoms with Crippen LogP contribution in [0.5, 0.6) is 0 Å². The molecule has 1 heterocycles. The van der Waals surface area contributed by atoms with Crippen molar-refractivity contribution in [3.8, 4) is 0 Å². The molecule has 0 aromatic rings. The molecule has 0 aromatic heterocycles. The number of hydrogen-bond donors (Lipinski definition) is 2. The van der Waals surface area contributed by atoms with Crippen LogP contribution in [0.2, 0.25) is 0 Å². The van der Waals surface area contributed by atoms with Crippen LogP contribution >= 0.6 is 0 Å². The molecule has 0 spiro atoms. The molecule has 2 atom stereocenters. The molecule has 2 nitrogen and oxygen atoms in total. The van der Waals surface area contributed by atoms with Crippen molar-refractivity contribution in [2.45, 2.75) is 44.6 Å². The largest absolute Gasteiger partial charge is 0.396 e. The summed E-state index contributed by atoms with van der Waals surface area (Å²) in [5.41, 5.74) is 0.260. The zero-order chi connectivity index (χ0) is 8.44. The SMILES string of the molecule is OCC12CCCCC1NCCC2. The average molecular weight is 169 g/mol. The first-order valence-electron chi connectivity index (χ1n) is 5.22. The Morgan fingerprint density at radius 3 is 2.83 bits per heavy atom. The maximum absolute atomic E-state index is 9.44. The Bertz CT molecular complexity index is 146. The molecule has 0 aromatic carbocycles.